The van der Waals surface area contributed by atoms with Crippen molar-refractivity contribution in [3.63, 3.8) is 0 Å². The first kappa shape index (κ1) is 10.9. The summed E-state index contributed by atoms with van der Waals surface area (Å²) in [6, 6.07) is 0. The van der Waals surface area contributed by atoms with Gasteiger partial charge in [0.2, 0.25) is 5.95 Å². The third-order valence-corrected chi connectivity index (χ3v) is 3.58. The van der Waals surface area contributed by atoms with Gasteiger partial charge in [0.25, 0.3) is 0 Å². The number of anilines is 1. The molecule has 0 aromatic carbocycles. The lowest BCUT2D eigenvalue weighted by Gasteiger charge is -2.20. The second kappa shape index (κ2) is 4.58. The van der Waals surface area contributed by atoms with Crippen LogP contribution in [0.3, 0.4) is 0 Å². The van der Waals surface area contributed by atoms with Gasteiger partial charge >= 0.3 is 0 Å². The van der Waals surface area contributed by atoms with Gasteiger partial charge < -0.3 is 15.4 Å². The maximum Gasteiger partial charge on any atom is 0.225 e. The van der Waals surface area contributed by atoms with Crippen molar-refractivity contribution < 1.29 is 4.74 Å². The van der Waals surface area contributed by atoms with Gasteiger partial charge in [-0.1, -0.05) is 0 Å². The Kier molecular flexibility index (Phi) is 2.94. The molecule has 0 spiro atoms. The van der Waals surface area contributed by atoms with E-state index in [4.69, 9.17) is 10.5 Å². The predicted octanol–water partition coefficient (Wildman–Crippen LogP) is 0.334. The Balaban J connectivity index is 1.79. The molecule has 2 N–H and O–H groups in total. The highest BCUT2D eigenvalue weighted by Crippen LogP contribution is 2.22. The van der Waals surface area contributed by atoms with Gasteiger partial charge in [0.1, 0.15) is 0 Å². The lowest BCUT2D eigenvalue weighted by molar-refractivity contribution is 0.109. The number of aromatic nitrogens is 2. The Morgan fingerprint density at radius 2 is 2.47 bits per heavy atom. The van der Waals surface area contributed by atoms with E-state index in [2.05, 4.69) is 14.9 Å². The molecule has 17 heavy (non-hydrogen) atoms. The maximum atomic E-state index is 5.70. The van der Waals surface area contributed by atoms with Crippen LogP contribution in [-0.2, 0) is 17.8 Å². The van der Waals surface area contributed by atoms with Gasteiger partial charge in [0, 0.05) is 31.3 Å². The summed E-state index contributed by atoms with van der Waals surface area (Å²) in [5, 5.41) is 0. The molecular formula is C12H18N4O. The van der Waals surface area contributed by atoms with Crippen molar-refractivity contribution in [2.24, 2.45) is 11.7 Å². The van der Waals surface area contributed by atoms with E-state index in [1.54, 1.807) is 0 Å². The zero-order chi connectivity index (χ0) is 11.7. The molecule has 1 aromatic rings. The molecule has 1 fully saturated rings. The number of ether oxygens (including phenoxy) is 1. The van der Waals surface area contributed by atoms with E-state index >= 15 is 0 Å². The van der Waals surface area contributed by atoms with Crippen LogP contribution >= 0.6 is 0 Å². The molecule has 2 aliphatic rings. The summed E-state index contributed by atoms with van der Waals surface area (Å²) in [7, 11) is 0. The highest BCUT2D eigenvalue weighted by Gasteiger charge is 2.24. The minimum atomic E-state index is 0.595. The van der Waals surface area contributed by atoms with Crippen molar-refractivity contribution in [1.29, 1.82) is 0 Å². The number of hydrogen-bond donors (Lipinski definition) is 1. The molecule has 5 nitrogen and oxygen atoms in total. The maximum absolute atomic E-state index is 5.70. The normalized spacial score (nSPS) is 23.8. The highest BCUT2D eigenvalue weighted by atomic mass is 16.5. The molecule has 2 aliphatic heterocycles. The molecule has 3 rings (SSSR count). The molecule has 0 radical (unpaired) electrons. The van der Waals surface area contributed by atoms with Crippen LogP contribution in [0.2, 0.25) is 0 Å². The van der Waals surface area contributed by atoms with Gasteiger partial charge in [0.15, 0.2) is 0 Å². The lowest BCUT2D eigenvalue weighted by atomic mass is 10.1. The molecule has 92 valence electrons. The van der Waals surface area contributed by atoms with Crippen molar-refractivity contribution in [3.8, 4) is 0 Å². The fraction of sp³-hybridized carbons (Fsp3) is 0.667. The van der Waals surface area contributed by atoms with Crippen LogP contribution in [0.25, 0.3) is 0 Å². The first-order valence-corrected chi connectivity index (χ1v) is 6.24. The van der Waals surface area contributed by atoms with Crippen molar-refractivity contribution in [2.45, 2.75) is 19.4 Å². The monoisotopic (exact) mass is 234 g/mol. The molecule has 1 atom stereocenters. The molecule has 0 bridgehead atoms. The molecule has 1 unspecified atom stereocenters. The summed E-state index contributed by atoms with van der Waals surface area (Å²) in [4.78, 5) is 11.3. The fourth-order valence-corrected chi connectivity index (χ4v) is 2.48. The van der Waals surface area contributed by atoms with Gasteiger partial charge in [-0.3, -0.25) is 0 Å². The van der Waals surface area contributed by atoms with Crippen LogP contribution in [0.5, 0.6) is 0 Å². The Bertz CT molecular complexity index is 409. The predicted molar refractivity (Wildman–Crippen MR) is 64.8 cm³/mol. The van der Waals surface area contributed by atoms with E-state index in [1.807, 2.05) is 6.20 Å². The van der Waals surface area contributed by atoms with E-state index in [0.717, 1.165) is 56.3 Å². The van der Waals surface area contributed by atoms with E-state index in [-0.39, 0.29) is 0 Å². The van der Waals surface area contributed by atoms with E-state index < -0.39 is 0 Å². The van der Waals surface area contributed by atoms with Crippen molar-refractivity contribution in [3.05, 3.63) is 17.5 Å². The molecule has 1 aromatic heterocycles. The molecular weight excluding hydrogens is 216 g/mol. The number of rotatable bonds is 2. The standard InChI is InChI=1S/C12H18N4O/c13-5-9-1-3-16(7-9)12-14-6-10-8-17-4-2-11(10)15-12/h6,9H,1-5,7-8,13H2. The molecule has 0 saturated carbocycles. The summed E-state index contributed by atoms with van der Waals surface area (Å²) < 4.78 is 5.39. The zero-order valence-corrected chi connectivity index (χ0v) is 9.93. The minimum Gasteiger partial charge on any atom is -0.376 e. The molecule has 0 amide bonds. The molecule has 5 heteroatoms. The first-order valence-electron chi connectivity index (χ1n) is 6.24. The van der Waals surface area contributed by atoms with Gasteiger partial charge in [-0.15, -0.1) is 0 Å². The van der Waals surface area contributed by atoms with E-state index in [0.29, 0.717) is 12.5 Å². The summed E-state index contributed by atoms with van der Waals surface area (Å²) in [6.07, 6.45) is 3.96. The molecule has 1 saturated heterocycles. The largest absolute Gasteiger partial charge is 0.376 e. The van der Waals surface area contributed by atoms with Crippen molar-refractivity contribution >= 4 is 5.95 Å². The summed E-state index contributed by atoms with van der Waals surface area (Å²) in [6.45, 7) is 4.20. The lowest BCUT2D eigenvalue weighted by Crippen LogP contribution is -2.25. The zero-order valence-electron chi connectivity index (χ0n) is 9.93. The van der Waals surface area contributed by atoms with Crippen LogP contribution in [0.4, 0.5) is 5.95 Å². The topological polar surface area (TPSA) is 64.3 Å². The number of hydrogen-bond acceptors (Lipinski definition) is 5. The van der Waals surface area contributed by atoms with Crippen LogP contribution in [0, 0.1) is 5.92 Å². The Labute approximate surface area is 101 Å². The summed E-state index contributed by atoms with van der Waals surface area (Å²) in [5.74, 6) is 1.46. The van der Waals surface area contributed by atoms with Crippen molar-refractivity contribution in [1.82, 2.24) is 9.97 Å². The Morgan fingerprint density at radius 3 is 3.29 bits per heavy atom. The van der Waals surface area contributed by atoms with Gasteiger partial charge in [-0.05, 0) is 18.9 Å². The quantitative estimate of drug-likeness (QED) is 0.799. The van der Waals surface area contributed by atoms with E-state index in [9.17, 15) is 0 Å². The SMILES string of the molecule is NCC1CCN(c2ncc3c(n2)CCOC3)C1. The number of fused-ring (bicyclic) bond motifs is 1. The van der Waals surface area contributed by atoms with Gasteiger partial charge in [0.05, 0.1) is 18.9 Å². The number of nitrogens with zero attached hydrogens (tertiary/aromatic N) is 3. The summed E-state index contributed by atoms with van der Waals surface area (Å²) in [5.41, 5.74) is 7.99. The second-order valence-electron chi connectivity index (χ2n) is 4.78. The third kappa shape index (κ3) is 2.12. The van der Waals surface area contributed by atoms with E-state index in [1.165, 1.54) is 0 Å². The highest BCUT2D eigenvalue weighted by molar-refractivity contribution is 5.35. The third-order valence-electron chi connectivity index (χ3n) is 3.58. The Morgan fingerprint density at radius 1 is 1.53 bits per heavy atom. The number of nitrogens with two attached hydrogens (primary N) is 1. The molecule has 3 heterocycles. The average Bonchev–Trinajstić information content (AvgIpc) is 2.87. The average molecular weight is 234 g/mol. The summed E-state index contributed by atoms with van der Waals surface area (Å²) >= 11 is 0. The van der Waals surface area contributed by atoms with Crippen LogP contribution in [0.1, 0.15) is 17.7 Å². The van der Waals surface area contributed by atoms with Crippen LogP contribution in [-0.4, -0.2) is 36.2 Å². The second-order valence-corrected chi connectivity index (χ2v) is 4.78. The minimum absolute atomic E-state index is 0.595. The van der Waals surface area contributed by atoms with Crippen molar-refractivity contribution in [2.75, 3.05) is 31.1 Å². The van der Waals surface area contributed by atoms with Gasteiger partial charge in [-0.2, -0.15) is 0 Å². The molecule has 0 aliphatic carbocycles. The Hall–Kier alpha value is -1.20. The fourth-order valence-electron chi connectivity index (χ4n) is 2.48. The van der Waals surface area contributed by atoms with Gasteiger partial charge in [-0.25, -0.2) is 9.97 Å². The first-order chi connectivity index (χ1) is 8.36. The van der Waals surface area contributed by atoms with Crippen LogP contribution < -0.4 is 10.6 Å². The smallest absolute Gasteiger partial charge is 0.225 e. The van der Waals surface area contributed by atoms with Crippen LogP contribution in [0.15, 0.2) is 6.20 Å².